The van der Waals surface area contributed by atoms with E-state index >= 15 is 0 Å². The highest BCUT2D eigenvalue weighted by Crippen LogP contribution is 2.39. The second kappa shape index (κ2) is 7.77. The third-order valence-electron chi connectivity index (χ3n) is 3.24. The van der Waals surface area contributed by atoms with Crippen molar-refractivity contribution in [2.24, 2.45) is 0 Å². The zero-order chi connectivity index (χ0) is 17.9. The molecule has 2 rings (SSSR count). The van der Waals surface area contributed by atoms with Crippen LogP contribution in [0.4, 0.5) is 4.79 Å². The number of methoxy groups -OCH3 is 1. The van der Waals surface area contributed by atoms with E-state index in [9.17, 15) is 9.59 Å². The maximum atomic E-state index is 12.3. The Bertz CT molecular complexity index is 715. The average molecular weight is 368 g/mol. The first-order chi connectivity index (χ1) is 11.4. The molecule has 0 bridgehead atoms. The number of hydrogen-bond donors (Lipinski definition) is 0. The normalized spacial score (nSPS) is 16.2. The Kier molecular flexibility index (Phi) is 5.96. The van der Waals surface area contributed by atoms with Crippen LogP contribution < -0.4 is 9.47 Å². The zero-order valence-electron chi connectivity index (χ0n) is 13.7. The van der Waals surface area contributed by atoms with Crippen LogP contribution in [0.5, 0.6) is 11.5 Å². The van der Waals surface area contributed by atoms with Crippen LogP contribution in [0.1, 0.15) is 19.4 Å². The van der Waals surface area contributed by atoms with Gasteiger partial charge in [0.05, 0.1) is 17.0 Å². The summed E-state index contributed by atoms with van der Waals surface area (Å²) < 4.78 is 10.8. The molecular formula is C17H18ClNO4S. The lowest BCUT2D eigenvalue weighted by molar-refractivity contribution is -0.123. The average Bonchev–Trinajstić information content (AvgIpc) is 2.79. The Balaban J connectivity index is 2.36. The molecule has 128 valence electrons. The molecule has 0 saturated carbocycles. The van der Waals surface area contributed by atoms with Crippen molar-refractivity contribution in [1.82, 2.24) is 4.90 Å². The van der Waals surface area contributed by atoms with Crippen molar-refractivity contribution in [3.05, 3.63) is 40.3 Å². The number of amides is 2. The van der Waals surface area contributed by atoms with E-state index in [1.165, 1.54) is 12.0 Å². The summed E-state index contributed by atoms with van der Waals surface area (Å²) in [5.74, 6) is 0.548. The second-order valence-corrected chi connectivity index (χ2v) is 6.68. The monoisotopic (exact) mass is 367 g/mol. The molecule has 0 aromatic heterocycles. The largest absolute Gasteiger partial charge is 0.493 e. The van der Waals surface area contributed by atoms with Crippen LogP contribution in [0.3, 0.4) is 0 Å². The fourth-order valence-corrected chi connectivity index (χ4v) is 3.42. The minimum absolute atomic E-state index is 0.184. The molecule has 7 heteroatoms. The molecule has 1 aliphatic rings. The van der Waals surface area contributed by atoms with Gasteiger partial charge in [0.15, 0.2) is 11.5 Å². The highest BCUT2D eigenvalue weighted by Gasteiger charge is 2.36. The Morgan fingerprint density at radius 2 is 2.08 bits per heavy atom. The Hall–Kier alpha value is -1.92. The van der Waals surface area contributed by atoms with Crippen molar-refractivity contribution < 1.29 is 19.1 Å². The molecule has 24 heavy (non-hydrogen) atoms. The molecule has 1 aromatic rings. The van der Waals surface area contributed by atoms with Crippen molar-refractivity contribution in [3.8, 4) is 11.5 Å². The van der Waals surface area contributed by atoms with Crippen LogP contribution in [-0.2, 0) is 4.79 Å². The summed E-state index contributed by atoms with van der Waals surface area (Å²) in [5, 5.41) is 0.0794. The first-order valence-electron chi connectivity index (χ1n) is 7.27. The number of carbonyl (C=O) groups is 2. The molecule has 5 nitrogen and oxygen atoms in total. The Morgan fingerprint density at radius 3 is 2.62 bits per heavy atom. The van der Waals surface area contributed by atoms with Crippen LogP contribution in [0.25, 0.3) is 6.08 Å². The van der Waals surface area contributed by atoms with Crippen LogP contribution in [0.15, 0.2) is 29.7 Å². The van der Waals surface area contributed by atoms with Gasteiger partial charge in [-0.1, -0.05) is 24.3 Å². The maximum absolute atomic E-state index is 12.3. The van der Waals surface area contributed by atoms with Gasteiger partial charge in [-0.3, -0.25) is 14.5 Å². The van der Waals surface area contributed by atoms with Gasteiger partial charge in [-0.05, 0) is 49.4 Å². The van der Waals surface area contributed by atoms with Gasteiger partial charge in [0, 0.05) is 6.04 Å². The van der Waals surface area contributed by atoms with E-state index in [1.807, 2.05) is 0 Å². The van der Waals surface area contributed by atoms with Crippen molar-refractivity contribution in [2.75, 3.05) is 13.7 Å². The molecule has 1 aliphatic heterocycles. The molecule has 1 aromatic carbocycles. The predicted molar refractivity (Wildman–Crippen MR) is 96.6 cm³/mol. The third-order valence-corrected chi connectivity index (χ3v) is 4.40. The van der Waals surface area contributed by atoms with E-state index in [2.05, 4.69) is 6.58 Å². The molecule has 0 aliphatic carbocycles. The van der Waals surface area contributed by atoms with Gasteiger partial charge in [0.25, 0.3) is 11.1 Å². The summed E-state index contributed by atoms with van der Waals surface area (Å²) in [5.41, 5.74) is 0.650. The van der Waals surface area contributed by atoms with E-state index in [0.29, 0.717) is 33.6 Å². The van der Waals surface area contributed by atoms with Crippen molar-refractivity contribution >= 4 is 40.6 Å². The summed E-state index contributed by atoms with van der Waals surface area (Å²) in [7, 11) is 1.50. The third kappa shape index (κ3) is 3.76. The standard InChI is InChI=1S/C17H18ClNO4S/c1-5-6-23-15-12(18)7-11(8-13(15)22-4)9-14-16(20)19(10(2)3)17(21)24-14/h5,7-10H,1,6H2,2-4H3/b14-9-. The minimum atomic E-state index is -0.304. The molecule has 1 saturated heterocycles. The van der Waals surface area contributed by atoms with E-state index < -0.39 is 0 Å². The van der Waals surface area contributed by atoms with Crippen molar-refractivity contribution in [3.63, 3.8) is 0 Å². The van der Waals surface area contributed by atoms with Gasteiger partial charge in [0.1, 0.15) is 6.61 Å². The molecule has 0 atom stereocenters. The van der Waals surface area contributed by atoms with E-state index in [-0.39, 0.29) is 17.2 Å². The number of carbonyl (C=O) groups excluding carboxylic acids is 2. The van der Waals surface area contributed by atoms with Gasteiger partial charge < -0.3 is 9.47 Å². The van der Waals surface area contributed by atoms with Gasteiger partial charge in [0.2, 0.25) is 0 Å². The summed E-state index contributed by atoms with van der Waals surface area (Å²) in [6.07, 6.45) is 3.23. The van der Waals surface area contributed by atoms with Gasteiger partial charge in [-0.2, -0.15) is 0 Å². The second-order valence-electron chi connectivity index (χ2n) is 5.28. The highest BCUT2D eigenvalue weighted by atomic mass is 35.5. The molecular weight excluding hydrogens is 350 g/mol. The molecule has 0 spiro atoms. The van der Waals surface area contributed by atoms with Crippen molar-refractivity contribution in [1.29, 1.82) is 0 Å². The van der Waals surface area contributed by atoms with Crippen LogP contribution >= 0.6 is 23.4 Å². The molecule has 1 heterocycles. The number of nitrogens with zero attached hydrogens (tertiary/aromatic N) is 1. The molecule has 1 fully saturated rings. The predicted octanol–water partition coefficient (Wildman–Crippen LogP) is 4.36. The summed E-state index contributed by atoms with van der Waals surface area (Å²) in [4.78, 5) is 25.8. The maximum Gasteiger partial charge on any atom is 0.293 e. The summed E-state index contributed by atoms with van der Waals surface area (Å²) in [6.45, 7) is 7.48. The van der Waals surface area contributed by atoms with Crippen LogP contribution in [-0.4, -0.2) is 35.8 Å². The Labute approximate surface area is 150 Å². The van der Waals surface area contributed by atoms with Gasteiger partial charge >= 0.3 is 0 Å². The quantitative estimate of drug-likeness (QED) is 0.552. The smallest absolute Gasteiger partial charge is 0.293 e. The SMILES string of the molecule is C=CCOc1c(Cl)cc(/C=C2\SC(=O)N(C(C)C)C2=O)cc1OC. The number of ether oxygens (including phenoxy) is 2. The first-order valence-corrected chi connectivity index (χ1v) is 8.46. The van der Waals surface area contributed by atoms with Gasteiger partial charge in [-0.25, -0.2) is 0 Å². The molecule has 2 amide bonds. The lowest BCUT2D eigenvalue weighted by Gasteiger charge is -2.16. The fraction of sp³-hybridized carbons (Fsp3) is 0.294. The van der Waals surface area contributed by atoms with Crippen LogP contribution in [0.2, 0.25) is 5.02 Å². The van der Waals surface area contributed by atoms with Crippen LogP contribution in [0, 0.1) is 0 Å². The van der Waals surface area contributed by atoms with Crippen molar-refractivity contribution in [2.45, 2.75) is 19.9 Å². The van der Waals surface area contributed by atoms with E-state index in [0.717, 1.165) is 11.8 Å². The number of hydrogen-bond acceptors (Lipinski definition) is 5. The lowest BCUT2D eigenvalue weighted by atomic mass is 10.1. The van der Waals surface area contributed by atoms with E-state index in [1.54, 1.807) is 38.1 Å². The minimum Gasteiger partial charge on any atom is -0.493 e. The molecule has 0 N–H and O–H groups in total. The highest BCUT2D eigenvalue weighted by molar-refractivity contribution is 8.18. The Morgan fingerprint density at radius 1 is 1.38 bits per heavy atom. The fourth-order valence-electron chi connectivity index (χ4n) is 2.18. The van der Waals surface area contributed by atoms with E-state index in [4.69, 9.17) is 21.1 Å². The number of imide groups is 1. The number of halogens is 1. The number of rotatable bonds is 6. The topological polar surface area (TPSA) is 55.8 Å². The summed E-state index contributed by atoms with van der Waals surface area (Å²) in [6, 6.07) is 3.18. The van der Waals surface area contributed by atoms with Gasteiger partial charge in [-0.15, -0.1) is 0 Å². The lowest BCUT2D eigenvalue weighted by Crippen LogP contribution is -2.34. The molecule has 0 radical (unpaired) electrons. The first kappa shape index (κ1) is 18.4. The zero-order valence-corrected chi connectivity index (χ0v) is 15.2. The summed E-state index contributed by atoms with van der Waals surface area (Å²) >= 11 is 7.15. The number of thioether (sulfide) groups is 1. The molecule has 0 unspecified atom stereocenters. The number of benzene rings is 1.